The molecule has 5 rings (SSSR count). The number of nitrogens with zero attached hydrogens (tertiary/aromatic N) is 4. The summed E-state index contributed by atoms with van der Waals surface area (Å²) in [5.74, 6) is 3.43. The van der Waals surface area contributed by atoms with Gasteiger partial charge in [0.15, 0.2) is 23.0 Å². The van der Waals surface area contributed by atoms with Crippen molar-refractivity contribution in [3.8, 4) is 17.2 Å². The highest BCUT2D eigenvalue weighted by atomic mass is 16.6. The standard InChI is InChI=1S/C21H24N4O3/c1-14-11-20-22-15(2)13-25(20)23-21(14)24-7-5-16(6-8-24)28-17-3-4-18-19(12-17)27-10-9-26-18/h3-4,11-13,16H,5-10H2,1-2H3. The second-order valence-corrected chi connectivity index (χ2v) is 7.45. The summed E-state index contributed by atoms with van der Waals surface area (Å²) < 4.78 is 19.3. The van der Waals surface area contributed by atoms with Gasteiger partial charge < -0.3 is 19.1 Å². The minimum Gasteiger partial charge on any atom is -0.490 e. The van der Waals surface area contributed by atoms with E-state index in [1.165, 1.54) is 0 Å². The molecular weight excluding hydrogens is 356 g/mol. The molecule has 0 unspecified atom stereocenters. The van der Waals surface area contributed by atoms with Crippen LogP contribution in [0.25, 0.3) is 5.65 Å². The van der Waals surface area contributed by atoms with Gasteiger partial charge in [0.2, 0.25) is 0 Å². The first-order valence-electron chi connectivity index (χ1n) is 9.80. The molecule has 0 amide bonds. The number of benzene rings is 1. The summed E-state index contributed by atoms with van der Waals surface area (Å²) in [6, 6.07) is 7.92. The van der Waals surface area contributed by atoms with Gasteiger partial charge in [-0.1, -0.05) is 0 Å². The van der Waals surface area contributed by atoms with Crippen molar-refractivity contribution in [2.45, 2.75) is 32.8 Å². The number of anilines is 1. The Bertz CT molecular complexity index is 1010. The normalized spacial score (nSPS) is 17.1. The van der Waals surface area contributed by atoms with Crippen LogP contribution in [-0.2, 0) is 0 Å². The van der Waals surface area contributed by atoms with Crippen molar-refractivity contribution in [2.75, 3.05) is 31.2 Å². The van der Waals surface area contributed by atoms with Gasteiger partial charge in [0.1, 0.15) is 25.1 Å². The van der Waals surface area contributed by atoms with Crippen molar-refractivity contribution >= 4 is 11.5 Å². The van der Waals surface area contributed by atoms with Crippen molar-refractivity contribution in [3.05, 3.63) is 41.7 Å². The van der Waals surface area contributed by atoms with E-state index in [1.54, 1.807) is 0 Å². The van der Waals surface area contributed by atoms with E-state index in [1.807, 2.05) is 35.8 Å². The summed E-state index contributed by atoms with van der Waals surface area (Å²) in [7, 11) is 0. The Morgan fingerprint density at radius 1 is 1.04 bits per heavy atom. The molecule has 7 nitrogen and oxygen atoms in total. The van der Waals surface area contributed by atoms with Crippen LogP contribution in [0, 0.1) is 13.8 Å². The van der Waals surface area contributed by atoms with Crippen LogP contribution in [-0.4, -0.2) is 47.0 Å². The van der Waals surface area contributed by atoms with E-state index >= 15 is 0 Å². The van der Waals surface area contributed by atoms with Crippen LogP contribution in [0.2, 0.25) is 0 Å². The van der Waals surface area contributed by atoms with Gasteiger partial charge in [-0.15, -0.1) is 5.10 Å². The van der Waals surface area contributed by atoms with Gasteiger partial charge in [-0.2, -0.15) is 0 Å². The second-order valence-electron chi connectivity index (χ2n) is 7.45. The highest BCUT2D eigenvalue weighted by molar-refractivity contribution is 5.53. The van der Waals surface area contributed by atoms with Crippen LogP contribution in [0.15, 0.2) is 30.5 Å². The Balaban J connectivity index is 1.26. The predicted molar refractivity (Wildman–Crippen MR) is 106 cm³/mol. The lowest BCUT2D eigenvalue weighted by atomic mass is 10.1. The van der Waals surface area contributed by atoms with Crippen LogP contribution in [0.1, 0.15) is 24.1 Å². The lowest BCUT2D eigenvalue weighted by molar-refractivity contribution is 0.159. The Morgan fingerprint density at radius 3 is 2.64 bits per heavy atom. The molecule has 0 bridgehead atoms. The van der Waals surface area contributed by atoms with E-state index in [2.05, 4.69) is 22.9 Å². The zero-order chi connectivity index (χ0) is 19.1. The van der Waals surface area contributed by atoms with Crippen molar-refractivity contribution in [1.29, 1.82) is 0 Å². The number of ether oxygens (including phenoxy) is 3. The molecule has 0 saturated carbocycles. The molecule has 7 heteroatoms. The van der Waals surface area contributed by atoms with E-state index in [-0.39, 0.29) is 6.10 Å². The molecule has 0 spiro atoms. The van der Waals surface area contributed by atoms with E-state index in [0.717, 1.165) is 65.9 Å². The molecule has 0 aliphatic carbocycles. The van der Waals surface area contributed by atoms with Gasteiger partial charge in [0, 0.05) is 32.0 Å². The molecule has 146 valence electrons. The Kier molecular flexibility index (Phi) is 4.22. The van der Waals surface area contributed by atoms with E-state index < -0.39 is 0 Å². The molecular formula is C21H24N4O3. The average molecular weight is 380 g/mol. The zero-order valence-electron chi connectivity index (χ0n) is 16.2. The minimum atomic E-state index is 0.193. The molecule has 2 aliphatic heterocycles. The number of fused-ring (bicyclic) bond motifs is 2. The SMILES string of the molecule is Cc1cn2nc(N3CCC(Oc4ccc5c(c4)OCCO5)CC3)c(C)cc2n1. The number of imidazole rings is 1. The van der Waals surface area contributed by atoms with Crippen LogP contribution < -0.4 is 19.1 Å². The number of hydrogen-bond donors (Lipinski definition) is 0. The van der Waals surface area contributed by atoms with Crippen molar-refractivity contribution in [3.63, 3.8) is 0 Å². The lowest BCUT2D eigenvalue weighted by Gasteiger charge is -2.33. The molecule has 28 heavy (non-hydrogen) atoms. The highest BCUT2D eigenvalue weighted by Crippen LogP contribution is 2.34. The maximum atomic E-state index is 6.21. The monoisotopic (exact) mass is 380 g/mol. The van der Waals surface area contributed by atoms with Crippen LogP contribution >= 0.6 is 0 Å². The van der Waals surface area contributed by atoms with E-state index in [9.17, 15) is 0 Å². The Labute approximate surface area is 163 Å². The average Bonchev–Trinajstić information content (AvgIpc) is 3.07. The van der Waals surface area contributed by atoms with E-state index in [4.69, 9.17) is 19.3 Å². The van der Waals surface area contributed by atoms with Crippen LogP contribution in [0.4, 0.5) is 5.82 Å². The molecule has 3 aromatic rings. The van der Waals surface area contributed by atoms with Crippen molar-refractivity contribution in [2.24, 2.45) is 0 Å². The highest BCUT2D eigenvalue weighted by Gasteiger charge is 2.24. The number of rotatable bonds is 3. The van der Waals surface area contributed by atoms with Gasteiger partial charge in [-0.05, 0) is 37.6 Å². The number of aromatic nitrogens is 3. The summed E-state index contributed by atoms with van der Waals surface area (Å²) in [6.45, 7) is 7.12. The smallest absolute Gasteiger partial charge is 0.165 e. The quantitative estimate of drug-likeness (QED) is 0.696. The van der Waals surface area contributed by atoms with Crippen molar-refractivity contribution < 1.29 is 14.2 Å². The minimum absolute atomic E-state index is 0.193. The second kappa shape index (κ2) is 6.89. The number of hydrogen-bond acceptors (Lipinski definition) is 6. The third-order valence-corrected chi connectivity index (χ3v) is 5.29. The fourth-order valence-electron chi connectivity index (χ4n) is 3.91. The van der Waals surface area contributed by atoms with Gasteiger partial charge >= 0.3 is 0 Å². The molecule has 0 atom stereocenters. The summed E-state index contributed by atoms with van der Waals surface area (Å²) >= 11 is 0. The van der Waals surface area contributed by atoms with E-state index in [0.29, 0.717) is 13.2 Å². The largest absolute Gasteiger partial charge is 0.490 e. The first-order chi connectivity index (χ1) is 13.7. The molecule has 2 aliphatic rings. The Morgan fingerprint density at radius 2 is 1.82 bits per heavy atom. The molecule has 4 heterocycles. The fourth-order valence-corrected chi connectivity index (χ4v) is 3.91. The summed E-state index contributed by atoms with van der Waals surface area (Å²) in [6.07, 6.45) is 4.07. The van der Waals surface area contributed by atoms with Gasteiger partial charge in [0.25, 0.3) is 0 Å². The van der Waals surface area contributed by atoms with Gasteiger partial charge in [-0.3, -0.25) is 0 Å². The maximum Gasteiger partial charge on any atom is 0.165 e. The molecule has 0 radical (unpaired) electrons. The van der Waals surface area contributed by atoms with Gasteiger partial charge in [-0.25, -0.2) is 9.50 Å². The molecule has 1 fully saturated rings. The third-order valence-electron chi connectivity index (χ3n) is 5.29. The maximum absolute atomic E-state index is 6.21. The molecule has 0 N–H and O–H groups in total. The predicted octanol–water partition coefficient (Wildman–Crippen LogP) is 3.17. The topological polar surface area (TPSA) is 61.1 Å². The van der Waals surface area contributed by atoms with Crippen LogP contribution in [0.3, 0.4) is 0 Å². The molecule has 2 aromatic heterocycles. The summed E-state index contributed by atoms with van der Waals surface area (Å²) in [4.78, 5) is 6.83. The van der Waals surface area contributed by atoms with Crippen molar-refractivity contribution in [1.82, 2.24) is 14.6 Å². The third kappa shape index (κ3) is 3.21. The molecule has 1 saturated heterocycles. The van der Waals surface area contributed by atoms with Crippen LogP contribution in [0.5, 0.6) is 17.2 Å². The summed E-state index contributed by atoms with van der Waals surface area (Å²) in [5.41, 5.74) is 3.04. The summed E-state index contributed by atoms with van der Waals surface area (Å²) in [5, 5.41) is 4.79. The Hall–Kier alpha value is -2.96. The number of piperidine rings is 1. The number of aryl methyl sites for hydroxylation is 2. The van der Waals surface area contributed by atoms with Gasteiger partial charge in [0.05, 0.1) is 11.9 Å². The fraction of sp³-hybridized carbons (Fsp3) is 0.429. The lowest BCUT2D eigenvalue weighted by Crippen LogP contribution is -2.39. The first kappa shape index (κ1) is 17.2. The molecule has 1 aromatic carbocycles. The first-order valence-corrected chi connectivity index (χ1v) is 9.80. The zero-order valence-corrected chi connectivity index (χ0v) is 16.2.